The fourth-order valence-corrected chi connectivity index (χ4v) is 2.31. The van der Waals surface area contributed by atoms with Crippen LogP contribution in [-0.4, -0.2) is 5.78 Å². The Morgan fingerprint density at radius 2 is 1.85 bits per heavy atom. The summed E-state index contributed by atoms with van der Waals surface area (Å²) in [7, 11) is 0. The van der Waals surface area contributed by atoms with Crippen LogP contribution in [0.3, 0.4) is 0 Å². The van der Waals surface area contributed by atoms with E-state index in [0.717, 1.165) is 6.42 Å². The normalized spacial score (nSPS) is 12.2. The second-order valence-corrected chi connectivity index (χ2v) is 5.26. The number of halogens is 2. The molecule has 0 aliphatic rings. The highest BCUT2D eigenvalue weighted by molar-refractivity contribution is 6.35. The van der Waals surface area contributed by atoms with E-state index in [-0.39, 0.29) is 16.4 Å². The molecule has 0 fully saturated rings. The van der Waals surface area contributed by atoms with Crippen molar-refractivity contribution in [3.63, 3.8) is 0 Å². The molecular weight excluding hydrogens is 275 g/mol. The average molecular weight is 291 g/mol. The molecule has 1 unspecified atom stereocenters. The number of carbonyl (C=O) groups excluding carboxylic acids is 1. The van der Waals surface area contributed by atoms with E-state index in [2.05, 4.69) is 13.8 Å². The molecule has 0 amide bonds. The van der Waals surface area contributed by atoms with Crippen molar-refractivity contribution in [1.82, 2.24) is 0 Å². The van der Waals surface area contributed by atoms with Gasteiger partial charge < -0.3 is 0 Å². The standard InChI is InChI=1S/C17H16ClFO/c1-3-11(2)12-7-9-13(10-8-12)17(20)16-14(18)5-4-6-15(16)19/h4-11H,3H2,1-2H3. The summed E-state index contributed by atoms with van der Waals surface area (Å²) in [5.41, 5.74) is 1.55. The lowest BCUT2D eigenvalue weighted by molar-refractivity contribution is 0.103. The summed E-state index contributed by atoms with van der Waals surface area (Å²) in [6, 6.07) is 11.5. The molecule has 0 saturated carbocycles. The molecule has 0 bridgehead atoms. The average Bonchev–Trinajstić information content (AvgIpc) is 2.46. The Morgan fingerprint density at radius 3 is 2.40 bits per heavy atom. The van der Waals surface area contributed by atoms with E-state index in [9.17, 15) is 9.18 Å². The first kappa shape index (κ1) is 14.7. The maximum absolute atomic E-state index is 13.7. The number of benzene rings is 2. The molecule has 1 nitrogen and oxygen atoms in total. The van der Waals surface area contributed by atoms with Gasteiger partial charge in [0.05, 0.1) is 10.6 Å². The molecule has 0 N–H and O–H groups in total. The Bertz CT molecular complexity index is 599. The van der Waals surface area contributed by atoms with Crippen molar-refractivity contribution in [2.45, 2.75) is 26.2 Å². The molecule has 0 heterocycles. The minimum atomic E-state index is -0.589. The van der Waals surface area contributed by atoms with E-state index in [1.165, 1.54) is 23.8 Å². The predicted octanol–water partition coefficient (Wildman–Crippen LogP) is 5.22. The highest BCUT2D eigenvalue weighted by atomic mass is 35.5. The lowest BCUT2D eigenvalue weighted by Gasteiger charge is -2.10. The lowest BCUT2D eigenvalue weighted by atomic mass is 9.95. The Kier molecular flexibility index (Phi) is 4.56. The van der Waals surface area contributed by atoms with Crippen LogP contribution in [-0.2, 0) is 0 Å². The van der Waals surface area contributed by atoms with E-state index in [1.54, 1.807) is 12.1 Å². The Labute approximate surface area is 123 Å². The van der Waals surface area contributed by atoms with E-state index < -0.39 is 5.82 Å². The number of ketones is 1. The number of hydrogen-bond donors (Lipinski definition) is 0. The maximum Gasteiger partial charge on any atom is 0.197 e. The zero-order valence-corrected chi connectivity index (χ0v) is 12.2. The third-order valence-electron chi connectivity index (χ3n) is 3.54. The monoisotopic (exact) mass is 290 g/mol. The van der Waals surface area contributed by atoms with Gasteiger partial charge in [-0.3, -0.25) is 4.79 Å². The molecule has 2 aromatic carbocycles. The smallest absolute Gasteiger partial charge is 0.197 e. The largest absolute Gasteiger partial charge is 0.288 e. The van der Waals surface area contributed by atoms with Crippen molar-refractivity contribution in [2.75, 3.05) is 0 Å². The van der Waals surface area contributed by atoms with E-state index in [4.69, 9.17) is 11.6 Å². The summed E-state index contributed by atoms with van der Waals surface area (Å²) in [5.74, 6) is -0.534. The van der Waals surface area contributed by atoms with Crippen LogP contribution in [0, 0.1) is 5.82 Å². The Hall–Kier alpha value is -1.67. The zero-order chi connectivity index (χ0) is 14.7. The van der Waals surface area contributed by atoms with Crippen molar-refractivity contribution >= 4 is 17.4 Å². The van der Waals surface area contributed by atoms with Crippen LogP contribution < -0.4 is 0 Å². The minimum absolute atomic E-state index is 0.0644. The van der Waals surface area contributed by atoms with E-state index in [1.807, 2.05) is 12.1 Å². The number of hydrogen-bond acceptors (Lipinski definition) is 1. The second-order valence-electron chi connectivity index (χ2n) is 4.86. The fraction of sp³-hybridized carbons (Fsp3) is 0.235. The summed E-state index contributed by atoms with van der Waals surface area (Å²) in [6.07, 6.45) is 1.03. The summed E-state index contributed by atoms with van der Waals surface area (Å²) in [4.78, 5) is 12.3. The molecule has 0 aliphatic carbocycles. The Morgan fingerprint density at radius 1 is 1.20 bits per heavy atom. The van der Waals surface area contributed by atoms with E-state index >= 15 is 0 Å². The van der Waals surface area contributed by atoms with Gasteiger partial charge in [0, 0.05) is 5.56 Å². The van der Waals surface area contributed by atoms with Crippen LogP contribution in [0.4, 0.5) is 4.39 Å². The summed E-state index contributed by atoms with van der Waals surface area (Å²) in [5, 5.41) is 0.140. The van der Waals surface area contributed by atoms with Gasteiger partial charge in [0.2, 0.25) is 0 Å². The predicted molar refractivity (Wildman–Crippen MR) is 80.0 cm³/mol. The molecule has 2 aromatic rings. The molecular formula is C17H16ClFO. The fourth-order valence-electron chi connectivity index (χ4n) is 2.06. The third-order valence-corrected chi connectivity index (χ3v) is 3.86. The second kappa shape index (κ2) is 6.19. The number of carbonyl (C=O) groups is 1. The molecule has 0 spiro atoms. The topological polar surface area (TPSA) is 17.1 Å². The van der Waals surface area contributed by atoms with Crippen molar-refractivity contribution in [2.24, 2.45) is 0 Å². The highest BCUT2D eigenvalue weighted by Crippen LogP contribution is 2.24. The van der Waals surface area contributed by atoms with Gasteiger partial charge in [0.15, 0.2) is 5.78 Å². The molecule has 1 atom stereocenters. The van der Waals surface area contributed by atoms with Crippen LogP contribution >= 0.6 is 11.6 Å². The maximum atomic E-state index is 13.7. The van der Waals surface area contributed by atoms with Crippen molar-refractivity contribution in [3.05, 3.63) is 70.0 Å². The Balaban J connectivity index is 2.35. The van der Waals surface area contributed by atoms with Crippen LogP contribution in [0.5, 0.6) is 0 Å². The molecule has 0 aliphatic heterocycles. The zero-order valence-electron chi connectivity index (χ0n) is 11.5. The van der Waals surface area contributed by atoms with Crippen molar-refractivity contribution < 1.29 is 9.18 Å². The summed E-state index contributed by atoms with van der Waals surface area (Å²) < 4.78 is 13.7. The minimum Gasteiger partial charge on any atom is -0.288 e. The SMILES string of the molecule is CCC(C)c1ccc(C(=O)c2c(F)cccc2Cl)cc1. The highest BCUT2D eigenvalue weighted by Gasteiger charge is 2.17. The molecule has 0 radical (unpaired) electrons. The van der Waals surface area contributed by atoms with Crippen LogP contribution in [0.25, 0.3) is 0 Å². The van der Waals surface area contributed by atoms with E-state index in [0.29, 0.717) is 11.5 Å². The first-order chi connectivity index (χ1) is 9.54. The third kappa shape index (κ3) is 2.91. The molecule has 2 rings (SSSR count). The van der Waals surface area contributed by atoms with Crippen molar-refractivity contribution in [3.8, 4) is 0 Å². The molecule has 3 heteroatoms. The summed E-state index contributed by atoms with van der Waals surface area (Å²) in [6.45, 7) is 4.24. The van der Waals surface area contributed by atoms with Crippen LogP contribution in [0.15, 0.2) is 42.5 Å². The van der Waals surface area contributed by atoms with Gasteiger partial charge in [-0.25, -0.2) is 4.39 Å². The first-order valence-corrected chi connectivity index (χ1v) is 7.01. The molecule has 20 heavy (non-hydrogen) atoms. The van der Waals surface area contributed by atoms with Gasteiger partial charge in [-0.05, 0) is 30.0 Å². The van der Waals surface area contributed by atoms with Gasteiger partial charge in [-0.1, -0.05) is 55.8 Å². The molecule has 104 valence electrons. The van der Waals surface area contributed by atoms with Crippen molar-refractivity contribution in [1.29, 1.82) is 0 Å². The van der Waals surface area contributed by atoms with Crippen LogP contribution in [0.1, 0.15) is 47.7 Å². The van der Waals surface area contributed by atoms with Crippen LogP contribution in [0.2, 0.25) is 5.02 Å². The van der Waals surface area contributed by atoms with Gasteiger partial charge in [0.1, 0.15) is 5.82 Å². The van der Waals surface area contributed by atoms with Gasteiger partial charge in [-0.2, -0.15) is 0 Å². The first-order valence-electron chi connectivity index (χ1n) is 6.63. The van der Waals surface area contributed by atoms with Gasteiger partial charge in [-0.15, -0.1) is 0 Å². The molecule has 0 saturated heterocycles. The summed E-state index contributed by atoms with van der Waals surface area (Å²) >= 11 is 5.92. The quantitative estimate of drug-likeness (QED) is 0.705. The lowest BCUT2D eigenvalue weighted by Crippen LogP contribution is -2.05. The molecule has 0 aromatic heterocycles. The number of rotatable bonds is 4. The van der Waals surface area contributed by atoms with Gasteiger partial charge in [0.25, 0.3) is 0 Å². The van der Waals surface area contributed by atoms with Gasteiger partial charge >= 0.3 is 0 Å².